The topological polar surface area (TPSA) is 49.3 Å². The minimum atomic E-state index is -4.57. The largest absolute Gasteiger partial charge is 0.417 e. The van der Waals surface area contributed by atoms with Gasteiger partial charge in [0.1, 0.15) is 0 Å². The van der Waals surface area contributed by atoms with E-state index in [9.17, 15) is 23.1 Å². The first-order valence-electron chi connectivity index (χ1n) is 6.66. The molecule has 1 aromatic rings. The Hall–Kier alpha value is -1.56. The molecule has 0 saturated heterocycles. The molecule has 118 valence electrons. The summed E-state index contributed by atoms with van der Waals surface area (Å²) in [6, 6.07) is 4.63. The van der Waals surface area contributed by atoms with Gasteiger partial charge in [0.05, 0.1) is 17.2 Å². The summed E-state index contributed by atoms with van der Waals surface area (Å²) in [5.74, 6) is -0.788. The zero-order chi connectivity index (χ0) is 16.3. The van der Waals surface area contributed by atoms with Gasteiger partial charge in [-0.25, -0.2) is 0 Å². The van der Waals surface area contributed by atoms with Crippen LogP contribution in [-0.2, 0) is 6.18 Å². The molecular formula is C15H20F3NO2. The molecule has 1 amide bonds. The minimum absolute atomic E-state index is 0.115. The molecule has 1 rings (SSSR count). The summed E-state index contributed by atoms with van der Waals surface area (Å²) in [7, 11) is 0. The molecule has 0 aliphatic heterocycles. The second kappa shape index (κ2) is 6.47. The maximum atomic E-state index is 12.8. The monoisotopic (exact) mass is 303 g/mol. The van der Waals surface area contributed by atoms with E-state index in [1.807, 2.05) is 20.8 Å². The van der Waals surface area contributed by atoms with Crippen molar-refractivity contribution in [2.24, 2.45) is 5.41 Å². The van der Waals surface area contributed by atoms with Gasteiger partial charge in [-0.2, -0.15) is 13.2 Å². The van der Waals surface area contributed by atoms with Crippen LogP contribution in [0, 0.1) is 5.41 Å². The second-order valence-corrected chi connectivity index (χ2v) is 5.97. The molecule has 1 aromatic carbocycles. The van der Waals surface area contributed by atoms with Gasteiger partial charge in [-0.05, 0) is 24.0 Å². The van der Waals surface area contributed by atoms with E-state index in [1.54, 1.807) is 0 Å². The van der Waals surface area contributed by atoms with E-state index in [-0.39, 0.29) is 18.4 Å². The Morgan fingerprint density at radius 3 is 2.33 bits per heavy atom. The summed E-state index contributed by atoms with van der Waals surface area (Å²) in [5.41, 5.74) is -1.71. The van der Waals surface area contributed by atoms with Crippen molar-refractivity contribution < 1.29 is 23.1 Å². The van der Waals surface area contributed by atoms with E-state index in [1.165, 1.54) is 12.1 Å². The maximum Gasteiger partial charge on any atom is 0.417 e. The smallest absolute Gasteiger partial charge is 0.393 e. The number of amides is 1. The molecule has 6 heteroatoms. The molecule has 3 nitrogen and oxygen atoms in total. The number of aliphatic hydroxyl groups excluding tert-OH is 1. The van der Waals surface area contributed by atoms with Crippen LogP contribution in [0.15, 0.2) is 24.3 Å². The standard InChI is InChI=1S/C15H20F3NO2/c1-14(2,3)12(20)8-9-19-13(21)10-6-4-5-7-11(10)15(16,17)18/h4-7,12,20H,8-9H2,1-3H3,(H,19,21). The summed E-state index contributed by atoms with van der Waals surface area (Å²) in [6.07, 6.45) is -4.93. The van der Waals surface area contributed by atoms with Gasteiger partial charge in [0.2, 0.25) is 0 Å². The first kappa shape index (κ1) is 17.5. The summed E-state index contributed by atoms with van der Waals surface area (Å²) in [4.78, 5) is 11.9. The predicted octanol–water partition coefficient (Wildman–Crippen LogP) is 3.23. The number of rotatable bonds is 4. The number of benzene rings is 1. The molecule has 1 atom stereocenters. The molecule has 2 N–H and O–H groups in total. The van der Waals surface area contributed by atoms with Crippen molar-refractivity contribution in [1.29, 1.82) is 0 Å². The summed E-state index contributed by atoms with van der Waals surface area (Å²) in [6.45, 7) is 5.65. The number of hydrogen-bond donors (Lipinski definition) is 2. The Labute approximate surface area is 122 Å². The number of nitrogens with one attached hydrogen (secondary N) is 1. The maximum absolute atomic E-state index is 12.8. The zero-order valence-corrected chi connectivity index (χ0v) is 12.3. The van der Waals surface area contributed by atoms with Crippen molar-refractivity contribution in [2.75, 3.05) is 6.54 Å². The zero-order valence-electron chi connectivity index (χ0n) is 12.3. The summed E-state index contributed by atoms with van der Waals surface area (Å²) >= 11 is 0. The molecule has 0 spiro atoms. The van der Waals surface area contributed by atoms with Crippen molar-refractivity contribution in [2.45, 2.75) is 39.5 Å². The van der Waals surface area contributed by atoms with E-state index >= 15 is 0 Å². The van der Waals surface area contributed by atoms with Crippen LogP contribution in [-0.4, -0.2) is 23.7 Å². The number of alkyl halides is 3. The van der Waals surface area contributed by atoms with Gasteiger partial charge in [-0.1, -0.05) is 32.9 Å². The van der Waals surface area contributed by atoms with E-state index in [4.69, 9.17) is 0 Å². The molecule has 0 aliphatic rings. The third-order valence-corrected chi connectivity index (χ3v) is 3.18. The lowest BCUT2D eigenvalue weighted by molar-refractivity contribution is -0.137. The molecular weight excluding hydrogens is 283 g/mol. The van der Waals surface area contributed by atoms with Crippen molar-refractivity contribution in [3.8, 4) is 0 Å². The Morgan fingerprint density at radius 1 is 1.24 bits per heavy atom. The lowest BCUT2D eigenvalue weighted by Gasteiger charge is -2.25. The number of carbonyl (C=O) groups is 1. The van der Waals surface area contributed by atoms with Crippen LogP contribution >= 0.6 is 0 Å². The molecule has 0 aliphatic carbocycles. The summed E-state index contributed by atoms with van der Waals surface area (Å²) < 4.78 is 38.4. The molecule has 0 bridgehead atoms. The number of carbonyl (C=O) groups excluding carboxylic acids is 1. The third-order valence-electron chi connectivity index (χ3n) is 3.18. The third kappa shape index (κ3) is 5.04. The number of aliphatic hydroxyl groups is 1. The fraction of sp³-hybridized carbons (Fsp3) is 0.533. The van der Waals surface area contributed by atoms with Gasteiger partial charge in [0.15, 0.2) is 0 Å². The Morgan fingerprint density at radius 2 is 1.81 bits per heavy atom. The fourth-order valence-corrected chi connectivity index (χ4v) is 1.78. The molecule has 0 heterocycles. The molecule has 0 aromatic heterocycles. The van der Waals surface area contributed by atoms with Gasteiger partial charge in [0.25, 0.3) is 5.91 Å². The molecule has 0 fully saturated rings. The second-order valence-electron chi connectivity index (χ2n) is 5.97. The van der Waals surface area contributed by atoms with Gasteiger partial charge in [0, 0.05) is 6.54 Å². The van der Waals surface area contributed by atoms with Crippen molar-refractivity contribution in [1.82, 2.24) is 5.32 Å². The fourth-order valence-electron chi connectivity index (χ4n) is 1.78. The number of hydrogen-bond acceptors (Lipinski definition) is 2. The Balaban J connectivity index is 2.70. The lowest BCUT2D eigenvalue weighted by Crippen LogP contribution is -2.33. The van der Waals surface area contributed by atoms with Crippen LogP contribution < -0.4 is 5.32 Å². The SMILES string of the molecule is CC(C)(C)C(O)CCNC(=O)c1ccccc1C(F)(F)F. The minimum Gasteiger partial charge on any atom is -0.393 e. The highest BCUT2D eigenvalue weighted by Crippen LogP contribution is 2.31. The summed E-state index contributed by atoms with van der Waals surface area (Å²) in [5, 5.41) is 12.2. The van der Waals surface area contributed by atoms with Gasteiger partial charge in [-0.15, -0.1) is 0 Å². The lowest BCUT2D eigenvalue weighted by atomic mass is 9.87. The van der Waals surface area contributed by atoms with Gasteiger partial charge >= 0.3 is 6.18 Å². The highest BCUT2D eigenvalue weighted by molar-refractivity contribution is 5.95. The Kier molecular flexibility index (Phi) is 5.39. The average Bonchev–Trinajstić information content (AvgIpc) is 2.36. The van der Waals surface area contributed by atoms with E-state index in [0.29, 0.717) is 0 Å². The van der Waals surface area contributed by atoms with Gasteiger partial charge < -0.3 is 10.4 Å². The molecule has 21 heavy (non-hydrogen) atoms. The van der Waals surface area contributed by atoms with Crippen LogP contribution in [0.1, 0.15) is 43.1 Å². The molecule has 0 saturated carbocycles. The number of halogens is 3. The quantitative estimate of drug-likeness (QED) is 0.897. The average molecular weight is 303 g/mol. The molecule has 0 radical (unpaired) electrons. The van der Waals surface area contributed by atoms with Gasteiger partial charge in [-0.3, -0.25) is 4.79 Å². The normalized spacial score (nSPS) is 13.9. The van der Waals surface area contributed by atoms with Crippen LogP contribution in [0.4, 0.5) is 13.2 Å². The highest BCUT2D eigenvalue weighted by Gasteiger charge is 2.34. The highest BCUT2D eigenvalue weighted by atomic mass is 19.4. The van der Waals surface area contributed by atoms with E-state index in [2.05, 4.69) is 5.32 Å². The first-order valence-corrected chi connectivity index (χ1v) is 6.66. The first-order chi connectivity index (χ1) is 9.53. The predicted molar refractivity (Wildman–Crippen MR) is 73.9 cm³/mol. The van der Waals surface area contributed by atoms with Crippen LogP contribution in [0.3, 0.4) is 0 Å². The van der Waals surface area contributed by atoms with Crippen LogP contribution in [0.25, 0.3) is 0 Å². The van der Waals surface area contributed by atoms with Crippen molar-refractivity contribution >= 4 is 5.91 Å². The van der Waals surface area contributed by atoms with E-state index in [0.717, 1.165) is 12.1 Å². The van der Waals surface area contributed by atoms with Crippen molar-refractivity contribution in [3.63, 3.8) is 0 Å². The van der Waals surface area contributed by atoms with E-state index < -0.39 is 29.3 Å². The molecule has 1 unspecified atom stereocenters. The van der Waals surface area contributed by atoms with Crippen LogP contribution in [0.2, 0.25) is 0 Å². The van der Waals surface area contributed by atoms with Crippen LogP contribution in [0.5, 0.6) is 0 Å². The van der Waals surface area contributed by atoms with Crippen molar-refractivity contribution in [3.05, 3.63) is 35.4 Å². The Bertz CT molecular complexity index is 492.